The predicted octanol–water partition coefficient (Wildman–Crippen LogP) is 3.98. The van der Waals surface area contributed by atoms with Crippen LogP contribution < -0.4 is 5.32 Å². The van der Waals surface area contributed by atoms with Gasteiger partial charge in [-0.15, -0.1) is 12.4 Å². The number of anilines is 1. The number of carbonyl (C=O) groups excluding carboxylic acids is 2. The fourth-order valence-electron chi connectivity index (χ4n) is 3.86. The number of hydrogen-bond acceptors (Lipinski definition) is 4. The van der Waals surface area contributed by atoms with Crippen molar-refractivity contribution >= 4 is 30.0 Å². The molecule has 5 rings (SSSR count). The van der Waals surface area contributed by atoms with Crippen molar-refractivity contribution in [3.05, 3.63) is 65.7 Å². The van der Waals surface area contributed by atoms with Gasteiger partial charge in [0.15, 0.2) is 5.78 Å². The van der Waals surface area contributed by atoms with E-state index in [-0.39, 0.29) is 24.3 Å². The predicted molar refractivity (Wildman–Crippen MR) is 107 cm³/mol. The van der Waals surface area contributed by atoms with E-state index in [1.165, 1.54) is 0 Å². The van der Waals surface area contributed by atoms with Crippen LogP contribution in [0.4, 0.5) is 10.5 Å². The Hall–Kier alpha value is -2.37. The molecule has 2 bridgehead atoms. The number of rotatable bonds is 4. The molecule has 6 heteroatoms. The third-order valence-electron chi connectivity index (χ3n) is 5.30. The quantitative estimate of drug-likeness (QED) is 0.807. The summed E-state index contributed by atoms with van der Waals surface area (Å²) in [6, 6.07) is 16.1. The van der Waals surface area contributed by atoms with E-state index in [0.717, 1.165) is 32.5 Å². The number of nitrogens with one attached hydrogen (secondary N) is 1. The highest BCUT2D eigenvalue weighted by atomic mass is 35.5. The summed E-state index contributed by atoms with van der Waals surface area (Å²) in [7, 11) is 0. The highest BCUT2D eigenvalue weighted by Crippen LogP contribution is 2.30. The molecule has 3 aliphatic heterocycles. The molecule has 1 unspecified atom stereocenters. The van der Waals surface area contributed by atoms with E-state index in [4.69, 9.17) is 4.74 Å². The van der Waals surface area contributed by atoms with Crippen LogP contribution in [-0.4, -0.2) is 42.5 Å². The molecule has 3 heterocycles. The third-order valence-corrected chi connectivity index (χ3v) is 5.30. The Morgan fingerprint density at radius 1 is 0.963 bits per heavy atom. The molecule has 2 aromatic carbocycles. The summed E-state index contributed by atoms with van der Waals surface area (Å²) in [6.45, 7) is 3.00. The normalized spacial score (nSPS) is 23.2. The number of fused-ring (bicyclic) bond motifs is 3. The van der Waals surface area contributed by atoms with E-state index >= 15 is 0 Å². The van der Waals surface area contributed by atoms with Crippen molar-refractivity contribution in [2.45, 2.75) is 18.9 Å². The molecule has 0 spiro atoms. The van der Waals surface area contributed by atoms with Crippen LogP contribution in [0.5, 0.6) is 0 Å². The van der Waals surface area contributed by atoms with Crippen molar-refractivity contribution in [1.82, 2.24) is 4.90 Å². The number of halogens is 1. The van der Waals surface area contributed by atoms with E-state index in [1.54, 1.807) is 36.4 Å². The van der Waals surface area contributed by atoms with Gasteiger partial charge < -0.3 is 4.74 Å². The van der Waals surface area contributed by atoms with Crippen molar-refractivity contribution in [2.75, 3.05) is 25.0 Å². The fourth-order valence-corrected chi connectivity index (χ4v) is 3.86. The summed E-state index contributed by atoms with van der Waals surface area (Å²) in [5, 5.41) is 2.77. The number of ketones is 1. The van der Waals surface area contributed by atoms with Crippen molar-refractivity contribution in [1.29, 1.82) is 0 Å². The Kier molecular flexibility index (Phi) is 6.14. The van der Waals surface area contributed by atoms with E-state index in [2.05, 4.69) is 10.2 Å². The van der Waals surface area contributed by atoms with Gasteiger partial charge >= 0.3 is 6.09 Å². The number of ether oxygens (including phenoxy) is 1. The Labute approximate surface area is 165 Å². The lowest BCUT2D eigenvalue weighted by Crippen LogP contribution is -2.52. The summed E-state index contributed by atoms with van der Waals surface area (Å²) in [4.78, 5) is 27.5. The maximum absolute atomic E-state index is 12.7. The van der Waals surface area contributed by atoms with Gasteiger partial charge in [0, 0.05) is 17.7 Å². The number of benzene rings is 2. The molecule has 3 fully saturated rings. The number of nitrogens with zero attached hydrogens (tertiary/aromatic N) is 1. The molecule has 27 heavy (non-hydrogen) atoms. The molecular weight excluding hydrogens is 364 g/mol. The van der Waals surface area contributed by atoms with Crippen molar-refractivity contribution < 1.29 is 14.3 Å². The van der Waals surface area contributed by atoms with Gasteiger partial charge in [0.2, 0.25) is 0 Å². The van der Waals surface area contributed by atoms with Gasteiger partial charge in [-0.3, -0.25) is 15.0 Å². The van der Waals surface area contributed by atoms with Crippen LogP contribution in [0, 0.1) is 5.92 Å². The standard InChI is InChI=1S/C21H22N2O3.ClH/c24-20(16-6-2-1-3-7-16)17-8-4-5-9-18(17)22-21(25)26-19-14-23-12-10-15(19)11-13-23;/h1-9,15,19H,10-14H2,(H,22,25);1H. The number of piperidine rings is 3. The summed E-state index contributed by atoms with van der Waals surface area (Å²) in [6.07, 6.45) is 1.62. The second-order valence-electron chi connectivity index (χ2n) is 6.95. The van der Waals surface area contributed by atoms with Crippen LogP contribution in [0.15, 0.2) is 54.6 Å². The number of carbonyl (C=O) groups is 2. The second-order valence-corrected chi connectivity index (χ2v) is 6.95. The second kappa shape index (κ2) is 8.55. The van der Waals surface area contributed by atoms with Crippen LogP contribution in [-0.2, 0) is 4.74 Å². The van der Waals surface area contributed by atoms with Crippen LogP contribution in [0.3, 0.4) is 0 Å². The van der Waals surface area contributed by atoms with Crippen LogP contribution >= 0.6 is 12.4 Å². The van der Waals surface area contributed by atoms with Gasteiger partial charge in [-0.25, -0.2) is 4.79 Å². The molecule has 5 nitrogen and oxygen atoms in total. The molecule has 3 aliphatic rings. The molecule has 3 saturated heterocycles. The first-order valence-electron chi connectivity index (χ1n) is 9.09. The largest absolute Gasteiger partial charge is 0.444 e. The SMILES string of the molecule is Cl.O=C(Nc1ccccc1C(=O)c1ccccc1)OC1CN2CCC1CC2. The van der Waals surface area contributed by atoms with E-state index < -0.39 is 6.09 Å². The first kappa shape index (κ1) is 19.4. The molecule has 142 valence electrons. The zero-order valence-electron chi connectivity index (χ0n) is 15.0. The molecule has 0 saturated carbocycles. The van der Waals surface area contributed by atoms with Crippen LogP contribution in [0.2, 0.25) is 0 Å². The molecule has 1 atom stereocenters. The van der Waals surface area contributed by atoms with Crippen molar-refractivity contribution in [3.8, 4) is 0 Å². The van der Waals surface area contributed by atoms with Gasteiger partial charge in [-0.2, -0.15) is 0 Å². The Morgan fingerprint density at radius 3 is 2.30 bits per heavy atom. The summed E-state index contributed by atoms with van der Waals surface area (Å²) in [5.41, 5.74) is 1.53. The minimum Gasteiger partial charge on any atom is -0.444 e. The molecule has 0 aliphatic carbocycles. The lowest BCUT2D eigenvalue weighted by atomic mass is 9.86. The average molecular weight is 387 g/mol. The summed E-state index contributed by atoms with van der Waals surface area (Å²) in [5.74, 6) is 0.330. The average Bonchev–Trinajstić information content (AvgIpc) is 2.69. The maximum atomic E-state index is 12.7. The molecule has 2 aromatic rings. The monoisotopic (exact) mass is 386 g/mol. The topological polar surface area (TPSA) is 58.6 Å². The number of para-hydroxylation sites is 1. The zero-order chi connectivity index (χ0) is 17.9. The Bertz CT molecular complexity index is 804. The molecular formula is C21H23ClN2O3. The first-order chi connectivity index (χ1) is 12.7. The van der Waals surface area contributed by atoms with Crippen LogP contribution in [0.25, 0.3) is 0 Å². The summed E-state index contributed by atoms with van der Waals surface area (Å²) < 4.78 is 5.67. The Morgan fingerprint density at radius 2 is 1.63 bits per heavy atom. The lowest BCUT2D eigenvalue weighted by Gasteiger charge is -2.43. The van der Waals surface area contributed by atoms with E-state index in [1.807, 2.05) is 18.2 Å². The fraction of sp³-hybridized carbons (Fsp3) is 0.333. The molecule has 1 N–H and O–H groups in total. The lowest BCUT2D eigenvalue weighted by molar-refractivity contribution is -0.0289. The highest BCUT2D eigenvalue weighted by molar-refractivity contribution is 6.13. The van der Waals surface area contributed by atoms with Gasteiger partial charge in [0.25, 0.3) is 0 Å². The first-order valence-corrected chi connectivity index (χ1v) is 9.09. The molecule has 0 radical (unpaired) electrons. The number of amides is 1. The summed E-state index contributed by atoms with van der Waals surface area (Å²) >= 11 is 0. The third kappa shape index (κ3) is 4.31. The van der Waals surface area contributed by atoms with Crippen molar-refractivity contribution in [3.63, 3.8) is 0 Å². The smallest absolute Gasteiger partial charge is 0.411 e. The van der Waals surface area contributed by atoms with Crippen molar-refractivity contribution in [2.24, 2.45) is 5.92 Å². The van der Waals surface area contributed by atoms with E-state index in [9.17, 15) is 9.59 Å². The van der Waals surface area contributed by atoms with E-state index in [0.29, 0.717) is 22.7 Å². The minimum absolute atomic E-state index is 0. The maximum Gasteiger partial charge on any atom is 0.411 e. The molecule has 1 amide bonds. The zero-order valence-corrected chi connectivity index (χ0v) is 15.8. The van der Waals surface area contributed by atoms with Gasteiger partial charge in [0.05, 0.1) is 5.69 Å². The van der Waals surface area contributed by atoms with Gasteiger partial charge in [-0.1, -0.05) is 42.5 Å². The Balaban J connectivity index is 0.00000210. The van der Waals surface area contributed by atoms with Gasteiger partial charge in [-0.05, 0) is 44.0 Å². The minimum atomic E-state index is -0.489. The van der Waals surface area contributed by atoms with Crippen LogP contribution in [0.1, 0.15) is 28.8 Å². The molecule has 0 aromatic heterocycles. The number of hydrogen-bond donors (Lipinski definition) is 1. The van der Waals surface area contributed by atoms with Gasteiger partial charge in [0.1, 0.15) is 6.10 Å². The highest BCUT2D eigenvalue weighted by Gasteiger charge is 2.36.